The van der Waals surface area contributed by atoms with Gasteiger partial charge in [-0.3, -0.25) is 0 Å². The second-order valence-corrected chi connectivity index (χ2v) is 2.63. The molecule has 0 amide bonds. The lowest BCUT2D eigenvalue weighted by Gasteiger charge is -2.16. The zero-order valence-electron chi connectivity index (χ0n) is 5.10. The molecule has 1 aliphatic carbocycles. The highest BCUT2D eigenvalue weighted by atomic mass is 35.5. The van der Waals surface area contributed by atoms with Crippen LogP contribution in [0.25, 0.3) is 0 Å². The summed E-state index contributed by atoms with van der Waals surface area (Å²) in [6.45, 7) is 0. The average molecular weight is 148 g/mol. The van der Waals surface area contributed by atoms with Gasteiger partial charge in [0.2, 0.25) is 0 Å². The predicted molar refractivity (Wildman–Crippen MR) is 36.9 cm³/mol. The van der Waals surface area contributed by atoms with Gasteiger partial charge in [-0.1, -0.05) is 11.6 Å². The molecule has 0 aromatic carbocycles. The third-order valence-electron chi connectivity index (χ3n) is 1.69. The summed E-state index contributed by atoms with van der Waals surface area (Å²) < 4.78 is 0. The van der Waals surface area contributed by atoms with E-state index < -0.39 is 5.72 Å². The fourth-order valence-electron chi connectivity index (χ4n) is 1.07. The van der Waals surface area contributed by atoms with Crippen LogP contribution in [0, 0.1) is 0 Å². The van der Waals surface area contributed by atoms with Gasteiger partial charge in [-0.25, -0.2) is 0 Å². The van der Waals surface area contributed by atoms with Crippen molar-refractivity contribution in [1.29, 1.82) is 0 Å². The Hall–Kier alpha value is -0.0500. The summed E-state index contributed by atoms with van der Waals surface area (Å²) >= 11 is 5.39. The number of halogens is 1. The molecule has 9 heavy (non-hydrogen) atoms. The lowest BCUT2D eigenvalue weighted by atomic mass is 10.1. The van der Waals surface area contributed by atoms with E-state index in [0.29, 0.717) is 6.42 Å². The van der Waals surface area contributed by atoms with Crippen molar-refractivity contribution in [2.75, 3.05) is 0 Å². The normalized spacial score (nSPS) is 40.1. The molecule has 0 radical (unpaired) electrons. The van der Waals surface area contributed by atoms with Crippen molar-refractivity contribution in [2.45, 2.75) is 25.0 Å². The first-order chi connectivity index (χ1) is 4.17. The molecule has 1 fully saturated rings. The van der Waals surface area contributed by atoms with Crippen LogP contribution in [0.4, 0.5) is 0 Å². The first-order valence-corrected chi connectivity index (χ1v) is 3.41. The van der Waals surface area contributed by atoms with Crippen LogP contribution < -0.4 is 5.73 Å². The Balaban J connectivity index is 2.75. The molecule has 1 atom stereocenters. The summed E-state index contributed by atoms with van der Waals surface area (Å²) in [6, 6.07) is 0. The molecule has 1 rings (SSSR count). The highest BCUT2D eigenvalue weighted by Crippen LogP contribution is 2.30. The van der Waals surface area contributed by atoms with E-state index in [-0.39, 0.29) is 0 Å². The van der Waals surface area contributed by atoms with Crippen molar-refractivity contribution in [2.24, 2.45) is 5.73 Å². The van der Waals surface area contributed by atoms with Crippen LogP contribution in [0.15, 0.2) is 11.1 Å². The predicted octanol–water partition coefficient (Wildman–Crippen LogP) is 0.940. The van der Waals surface area contributed by atoms with Gasteiger partial charge in [0.15, 0.2) is 0 Å². The Morgan fingerprint density at radius 3 is 2.67 bits per heavy atom. The molecule has 3 N–H and O–H groups in total. The van der Waals surface area contributed by atoms with Crippen molar-refractivity contribution in [3.05, 3.63) is 11.1 Å². The SMILES string of the molecule is NC1(O)CCC/C1=C/Cl. The molecule has 0 heterocycles. The quantitative estimate of drug-likeness (QED) is 0.501. The molecule has 0 aliphatic heterocycles. The van der Waals surface area contributed by atoms with E-state index in [1.807, 2.05) is 0 Å². The van der Waals surface area contributed by atoms with Crippen LogP contribution in [0.3, 0.4) is 0 Å². The summed E-state index contributed by atoms with van der Waals surface area (Å²) in [5, 5.41) is 9.28. The van der Waals surface area contributed by atoms with Gasteiger partial charge in [0.05, 0.1) is 0 Å². The van der Waals surface area contributed by atoms with E-state index in [9.17, 15) is 5.11 Å². The topological polar surface area (TPSA) is 46.2 Å². The van der Waals surface area contributed by atoms with Crippen molar-refractivity contribution in [3.63, 3.8) is 0 Å². The standard InChI is InChI=1S/C6H10ClNO/c7-4-5-2-1-3-6(5,8)9/h4,9H,1-3,8H2/b5-4-. The van der Waals surface area contributed by atoms with E-state index >= 15 is 0 Å². The highest BCUT2D eigenvalue weighted by Gasteiger charge is 2.31. The number of hydrogen-bond acceptors (Lipinski definition) is 2. The summed E-state index contributed by atoms with van der Waals surface area (Å²) in [5.74, 6) is 0. The first-order valence-electron chi connectivity index (χ1n) is 2.98. The maximum Gasteiger partial charge on any atom is 0.136 e. The molecule has 3 heteroatoms. The maximum atomic E-state index is 9.28. The minimum Gasteiger partial charge on any atom is -0.372 e. The largest absolute Gasteiger partial charge is 0.372 e. The van der Waals surface area contributed by atoms with Gasteiger partial charge in [-0.05, 0) is 24.8 Å². The second kappa shape index (κ2) is 2.29. The number of hydrogen-bond donors (Lipinski definition) is 2. The van der Waals surface area contributed by atoms with Gasteiger partial charge in [-0.15, -0.1) is 0 Å². The van der Waals surface area contributed by atoms with Crippen molar-refractivity contribution in [1.82, 2.24) is 0 Å². The molecule has 0 aromatic rings. The molecule has 1 unspecified atom stereocenters. The maximum absolute atomic E-state index is 9.28. The highest BCUT2D eigenvalue weighted by molar-refractivity contribution is 6.25. The Kier molecular flexibility index (Phi) is 1.80. The Morgan fingerprint density at radius 2 is 2.44 bits per heavy atom. The number of nitrogens with two attached hydrogens (primary N) is 1. The smallest absolute Gasteiger partial charge is 0.136 e. The first kappa shape index (κ1) is 7.06. The van der Waals surface area contributed by atoms with E-state index in [0.717, 1.165) is 18.4 Å². The lowest BCUT2D eigenvalue weighted by molar-refractivity contribution is 0.0927. The number of rotatable bonds is 0. The zero-order valence-corrected chi connectivity index (χ0v) is 5.86. The molecular formula is C6H10ClNO. The van der Waals surface area contributed by atoms with Crippen molar-refractivity contribution in [3.8, 4) is 0 Å². The Bertz CT molecular complexity index is 142. The second-order valence-electron chi connectivity index (χ2n) is 2.41. The van der Waals surface area contributed by atoms with Gasteiger partial charge in [0.1, 0.15) is 5.72 Å². The van der Waals surface area contributed by atoms with Gasteiger partial charge >= 0.3 is 0 Å². The summed E-state index contributed by atoms with van der Waals surface area (Å²) in [7, 11) is 0. The molecule has 1 saturated carbocycles. The Morgan fingerprint density at radius 1 is 1.78 bits per heavy atom. The van der Waals surface area contributed by atoms with Crippen LogP contribution in [0.5, 0.6) is 0 Å². The average Bonchev–Trinajstić information content (AvgIpc) is 2.08. The van der Waals surface area contributed by atoms with Gasteiger partial charge in [0.25, 0.3) is 0 Å². The Labute approximate surface area is 59.3 Å². The molecule has 52 valence electrons. The fourth-order valence-corrected chi connectivity index (χ4v) is 1.37. The molecule has 0 spiro atoms. The van der Waals surface area contributed by atoms with E-state index in [1.165, 1.54) is 5.54 Å². The van der Waals surface area contributed by atoms with Crippen LogP contribution in [0.2, 0.25) is 0 Å². The summed E-state index contributed by atoms with van der Waals surface area (Å²) in [4.78, 5) is 0. The summed E-state index contributed by atoms with van der Waals surface area (Å²) in [5.41, 5.74) is 6.46. The lowest BCUT2D eigenvalue weighted by Crippen LogP contribution is -2.37. The third kappa shape index (κ3) is 1.26. The van der Waals surface area contributed by atoms with Crippen LogP contribution >= 0.6 is 11.6 Å². The van der Waals surface area contributed by atoms with Gasteiger partial charge in [-0.2, -0.15) is 0 Å². The van der Waals surface area contributed by atoms with Crippen molar-refractivity contribution >= 4 is 11.6 Å². The van der Waals surface area contributed by atoms with Crippen LogP contribution in [-0.4, -0.2) is 10.8 Å². The molecule has 1 aliphatic rings. The van der Waals surface area contributed by atoms with Gasteiger partial charge < -0.3 is 10.8 Å². The van der Waals surface area contributed by atoms with Crippen molar-refractivity contribution < 1.29 is 5.11 Å². The van der Waals surface area contributed by atoms with E-state index in [4.69, 9.17) is 17.3 Å². The molecule has 0 aromatic heterocycles. The van der Waals surface area contributed by atoms with E-state index in [2.05, 4.69) is 0 Å². The minimum absolute atomic E-state index is 0.631. The third-order valence-corrected chi connectivity index (χ3v) is 1.96. The van der Waals surface area contributed by atoms with E-state index in [1.54, 1.807) is 0 Å². The zero-order chi connectivity index (χ0) is 6.91. The monoisotopic (exact) mass is 147 g/mol. The minimum atomic E-state index is -1.11. The van der Waals surface area contributed by atoms with Crippen LogP contribution in [-0.2, 0) is 0 Å². The van der Waals surface area contributed by atoms with Gasteiger partial charge in [0, 0.05) is 5.54 Å². The molecule has 2 nitrogen and oxygen atoms in total. The molecule has 0 saturated heterocycles. The molecular weight excluding hydrogens is 138 g/mol. The number of aliphatic hydroxyl groups is 1. The van der Waals surface area contributed by atoms with Crippen LogP contribution in [0.1, 0.15) is 19.3 Å². The fraction of sp³-hybridized carbons (Fsp3) is 0.667. The summed E-state index contributed by atoms with van der Waals surface area (Å²) in [6.07, 6.45) is 2.40. The molecule has 0 bridgehead atoms.